The van der Waals surface area contributed by atoms with E-state index in [1.807, 2.05) is 11.4 Å². The molecule has 0 saturated heterocycles. The zero-order chi connectivity index (χ0) is 9.80. The Morgan fingerprint density at radius 3 is 3.07 bits per heavy atom. The predicted octanol–water partition coefficient (Wildman–Crippen LogP) is 2.30. The van der Waals surface area contributed by atoms with Crippen molar-refractivity contribution in [3.63, 3.8) is 0 Å². The highest BCUT2D eigenvalue weighted by Gasteiger charge is 2.00. The van der Waals surface area contributed by atoms with E-state index in [0.29, 0.717) is 0 Å². The van der Waals surface area contributed by atoms with Gasteiger partial charge in [0.25, 0.3) is 0 Å². The molecule has 0 aliphatic carbocycles. The van der Waals surface area contributed by atoms with E-state index >= 15 is 0 Å². The Labute approximate surface area is 85.3 Å². The van der Waals surface area contributed by atoms with Crippen LogP contribution in [0.4, 0.5) is 0 Å². The van der Waals surface area contributed by atoms with E-state index in [1.54, 1.807) is 35.4 Å². The lowest BCUT2D eigenvalue weighted by Crippen LogP contribution is -1.92. The molecule has 3 nitrogen and oxygen atoms in total. The molecule has 4 heteroatoms. The van der Waals surface area contributed by atoms with Crippen LogP contribution in [0.5, 0.6) is 0 Å². The van der Waals surface area contributed by atoms with E-state index in [2.05, 4.69) is 5.10 Å². The number of allylic oxidation sites excluding steroid dienone is 1. The maximum Gasteiger partial charge on any atom is 0.197 e. The van der Waals surface area contributed by atoms with E-state index in [1.165, 1.54) is 17.4 Å². The van der Waals surface area contributed by atoms with Gasteiger partial charge in [-0.15, -0.1) is 11.3 Å². The standard InChI is InChI=1S/C10H8N2OS/c13-9(10-3-1-8-14-10)4-7-12-6-2-5-11-12/h1-8H/b7-4+. The molecule has 0 unspecified atom stereocenters. The van der Waals surface area contributed by atoms with Gasteiger partial charge in [-0.05, 0) is 17.5 Å². The first-order valence-corrected chi connectivity index (χ1v) is 4.99. The maximum absolute atomic E-state index is 11.5. The summed E-state index contributed by atoms with van der Waals surface area (Å²) in [5.74, 6) is 0.00972. The third kappa shape index (κ3) is 1.97. The number of carbonyl (C=O) groups is 1. The van der Waals surface area contributed by atoms with Crippen molar-refractivity contribution in [2.24, 2.45) is 0 Å². The van der Waals surface area contributed by atoms with Crippen molar-refractivity contribution in [3.05, 3.63) is 46.9 Å². The van der Waals surface area contributed by atoms with Crippen LogP contribution < -0.4 is 0 Å². The molecule has 0 spiro atoms. The highest BCUT2D eigenvalue weighted by Crippen LogP contribution is 2.09. The lowest BCUT2D eigenvalue weighted by Gasteiger charge is -1.89. The Bertz CT molecular complexity index is 429. The van der Waals surface area contributed by atoms with E-state index in [0.717, 1.165) is 4.88 Å². The van der Waals surface area contributed by atoms with Crippen LogP contribution in [-0.4, -0.2) is 15.6 Å². The van der Waals surface area contributed by atoms with Crippen molar-refractivity contribution in [2.45, 2.75) is 0 Å². The molecule has 2 aromatic rings. The van der Waals surface area contributed by atoms with Gasteiger partial charge in [0, 0.05) is 24.7 Å². The van der Waals surface area contributed by atoms with Crippen LogP contribution >= 0.6 is 11.3 Å². The van der Waals surface area contributed by atoms with Crippen LogP contribution in [0, 0.1) is 0 Å². The fourth-order valence-electron chi connectivity index (χ4n) is 1.01. The van der Waals surface area contributed by atoms with E-state index in [9.17, 15) is 4.79 Å². The molecule has 0 atom stereocenters. The van der Waals surface area contributed by atoms with Gasteiger partial charge >= 0.3 is 0 Å². The molecule has 0 N–H and O–H groups in total. The summed E-state index contributed by atoms with van der Waals surface area (Å²) < 4.78 is 1.59. The predicted molar refractivity (Wildman–Crippen MR) is 56.2 cm³/mol. The first kappa shape index (κ1) is 8.90. The minimum absolute atomic E-state index is 0.00972. The van der Waals surface area contributed by atoms with Crippen LogP contribution in [0.3, 0.4) is 0 Å². The molecule has 70 valence electrons. The highest BCUT2D eigenvalue weighted by molar-refractivity contribution is 7.12. The minimum Gasteiger partial charge on any atom is -0.288 e. The lowest BCUT2D eigenvalue weighted by atomic mass is 10.3. The average Bonchev–Trinajstić information content (AvgIpc) is 2.87. The van der Waals surface area contributed by atoms with Crippen molar-refractivity contribution in [3.8, 4) is 0 Å². The number of ketones is 1. The lowest BCUT2D eigenvalue weighted by molar-refractivity contribution is 0.105. The Kier molecular flexibility index (Phi) is 2.55. The number of hydrogen-bond donors (Lipinski definition) is 0. The molecule has 0 saturated carbocycles. The smallest absolute Gasteiger partial charge is 0.197 e. The van der Waals surface area contributed by atoms with E-state index < -0.39 is 0 Å². The molecular formula is C10H8N2OS. The maximum atomic E-state index is 11.5. The summed E-state index contributed by atoms with van der Waals surface area (Å²) in [5, 5.41) is 5.83. The van der Waals surface area contributed by atoms with E-state index in [-0.39, 0.29) is 5.78 Å². The summed E-state index contributed by atoms with van der Waals surface area (Å²) >= 11 is 1.44. The Morgan fingerprint density at radius 1 is 1.50 bits per heavy atom. The molecule has 0 aliphatic rings. The van der Waals surface area contributed by atoms with Crippen LogP contribution in [-0.2, 0) is 0 Å². The Balaban J connectivity index is 2.09. The Hall–Kier alpha value is -1.68. The molecule has 0 bridgehead atoms. The number of thiophene rings is 1. The minimum atomic E-state index is 0.00972. The number of aromatic nitrogens is 2. The second-order valence-corrected chi connectivity index (χ2v) is 3.59. The first-order chi connectivity index (χ1) is 6.86. The normalized spacial score (nSPS) is 10.9. The van der Waals surface area contributed by atoms with Crippen molar-refractivity contribution >= 4 is 23.3 Å². The zero-order valence-electron chi connectivity index (χ0n) is 7.33. The number of nitrogens with zero attached hydrogens (tertiary/aromatic N) is 2. The van der Waals surface area contributed by atoms with Gasteiger partial charge in [-0.1, -0.05) is 6.07 Å². The summed E-state index contributed by atoms with van der Waals surface area (Å²) in [5.41, 5.74) is 0. The number of rotatable bonds is 3. The molecule has 0 aliphatic heterocycles. The summed E-state index contributed by atoms with van der Waals surface area (Å²) in [6, 6.07) is 5.47. The van der Waals surface area contributed by atoms with Gasteiger partial charge in [0.15, 0.2) is 5.78 Å². The first-order valence-electron chi connectivity index (χ1n) is 4.11. The fraction of sp³-hybridized carbons (Fsp3) is 0. The Morgan fingerprint density at radius 2 is 2.43 bits per heavy atom. The largest absolute Gasteiger partial charge is 0.288 e. The van der Waals surface area contributed by atoms with Gasteiger partial charge < -0.3 is 0 Å². The molecule has 14 heavy (non-hydrogen) atoms. The highest BCUT2D eigenvalue weighted by atomic mass is 32.1. The summed E-state index contributed by atoms with van der Waals surface area (Å²) in [6.45, 7) is 0. The van der Waals surface area contributed by atoms with Crippen LogP contribution in [0.15, 0.2) is 42.0 Å². The zero-order valence-corrected chi connectivity index (χ0v) is 8.15. The van der Waals surface area contributed by atoms with Crippen LogP contribution in [0.2, 0.25) is 0 Å². The third-order valence-corrected chi connectivity index (χ3v) is 2.55. The van der Waals surface area contributed by atoms with Crippen molar-refractivity contribution in [2.75, 3.05) is 0 Å². The van der Waals surface area contributed by atoms with Gasteiger partial charge in [-0.25, -0.2) is 4.68 Å². The molecule has 0 radical (unpaired) electrons. The molecule has 2 aromatic heterocycles. The summed E-state index contributed by atoms with van der Waals surface area (Å²) in [6.07, 6.45) is 6.60. The van der Waals surface area contributed by atoms with Crippen LogP contribution in [0.1, 0.15) is 9.67 Å². The van der Waals surface area contributed by atoms with Gasteiger partial charge in [-0.2, -0.15) is 5.10 Å². The molecule has 0 fully saturated rings. The fourth-order valence-corrected chi connectivity index (χ4v) is 1.66. The molecule has 0 amide bonds. The average molecular weight is 204 g/mol. The van der Waals surface area contributed by atoms with Gasteiger partial charge in [0.2, 0.25) is 0 Å². The second-order valence-electron chi connectivity index (χ2n) is 2.64. The van der Waals surface area contributed by atoms with Gasteiger partial charge in [0.05, 0.1) is 4.88 Å². The molecule has 0 aromatic carbocycles. The van der Waals surface area contributed by atoms with Gasteiger partial charge in [0.1, 0.15) is 0 Å². The van der Waals surface area contributed by atoms with Gasteiger partial charge in [-0.3, -0.25) is 4.79 Å². The second kappa shape index (κ2) is 4.02. The molecule has 2 heterocycles. The number of hydrogen-bond acceptors (Lipinski definition) is 3. The molecule has 2 rings (SSSR count). The van der Waals surface area contributed by atoms with Crippen molar-refractivity contribution in [1.29, 1.82) is 0 Å². The monoisotopic (exact) mass is 204 g/mol. The summed E-state index contributed by atoms with van der Waals surface area (Å²) in [4.78, 5) is 12.2. The number of carbonyl (C=O) groups excluding carboxylic acids is 1. The quantitative estimate of drug-likeness (QED) is 0.568. The van der Waals surface area contributed by atoms with Crippen LogP contribution in [0.25, 0.3) is 6.20 Å². The molecular weight excluding hydrogens is 196 g/mol. The van der Waals surface area contributed by atoms with Crippen molar-refractivity contribution in [1.82, 2.24) is 9.78 Å². The van der Waals surface area contributed by atoms with Crippen molar-refractivity contribution < 1.29 is 4.79 Å². The van der Waals surface area contributed by atoms with E-state index in [4.69, 9.17) is 0 Å². The third-order valence-electron chi connectivity index (χ3n) is 1.67. The summed E-state index contributed by atoms with van der Waals surface area (Å²) in [7, 11) is 0. The topological polar surface area (TPSA) is 34.9 Å². The SMILES string of the molecule is O=C(/C=C/n1cccn1)c1cccs1.